The molecular formula is C23H26N4O5S. The standard InChI is InChI=1S/C23H26N4O5S/c1-15-22(16(2)27(24-15)17-7-12-33(30,31)14-17)25-8-10-26(11-9-25)23(29)21-13-19(28)18-5-3-4-6-20(18)32-21/h3-6,13,17H,7-12,14H2,1-2H3/t17-/m1/s1. The van der Waals surface area contributed by atoms with Gasteiger partial charge >= 0.3 is 0 Å². The summed E-state index contributed by atoms with van der Waals surface area (Å²) in [7, 11) is -3.00. The van der Waals surface area contributed by atoms with Gasteiger partial charge in [0.25, 0.3) is 5.91 Å². The van der Waals surface area contributed by atoms with E-state index < -0.39 is 9.84 Å². The minimum atomic E-state index is -3.00. The number of rotatable bonds is 3. The quantitative estimate of drug-likeness (QED) is 0.576. The molecule has 2 aliphatic rings. The van der Waals surface area contributed by atoms with Crippen molar-refractivity contribution in [3.05, 3.63) is 57.7 Å². The van der Waals surface area contributed by atoms with Gasteiger partial charge in [0.05, 0.1) is 40.0 Å². The molecule has 0 unspecified atom stereocenters. The van der Waals surface area contributed by atoms with Gasteiger partial charge in [-0.1, -0.05) is 12.1 Å². The van der Waals surface area contributed by atoms with Crippen molar-refractivity contribution in [3.63, 3.8) is 0 Å². The number of carbonyl (C=O) groups is 1. The Hall–Kier alpha value is -3.14. The Morgan fingerprint density at radius 3 is 2.55 bits per heavy atom. The number of amides is 1. The molecule has 2 aliphatic heterocycles. The van der Waals surface area contributed by atoms with E-state index in [1.54, 1.807) is 29.2 Å². The van der Waals surface area contributed by atoms with E-state index in [4.69, 9.17) is 4.42 Å². The zero-order valence-electron chi connectivity index (χ0n) is 18.7. The van der Waals surface area contributed by atoms with Crippen molar-refractivity contribution in [2.75, 3.05) is 42.6 Å². The summed E-state index contributed by atoms with van der Waals surface area (Å²) in [5, 5.41) is 5.11. The normalized spacial score (nSPS) is 20.5. The maximum Gasteiger partial charge on any atom is 0.289 e. The fourth-order valence-corrected chi connectivity index (χ4v) is 6.63. The summed E-state index contributed by atoms with van der Waals surface area (Å²) in [6.45, 7) is 6.10. The van der Waals surface area contributed by atoms with E-state index >= 15 is 0 Å². The van der Waals surface area contributed by atoms with Gasteiger partial charge in [-0.15, -0.1) is 0 Å². The Morgan fingerprint density at radius 2 is 1.85 bits per heavy atom. The molecule has 0 saturated carbocycles. The number of nitrogens with zero attached hydrogens (tertiary/aromatic N) is 4. The van der Waals surface area contributed by atoms with Crippen LogP contribution in [0.1, 0.15) is 34.4 Å². The van der Waals surface area contributed by atoms with Gasteiger partial charge in [-0.2, -0.15) is 5.10 Å². The minimum Gasteiger partial charge on any atom is -0.451 e. The number of fused-ring (bicyclic) bond motifs is 1. The molecule has 33 heavy (non-hydrogen) atoms. The summed E-state index contributed by atoms with van der Waals surface area (Å²) in [6.07, 6.45) is 0.586. The molecule has 0 radical (unpaired) electrons. The number of piperazine rings is 1. The molecule has 0 spiro atoms. The van der Waals surface area contributed by atoms with Gasteiger partial charge < -0.3 is 14.2 Å². The van der Waals surface area contributed by atoms with E-state index in [0.29, 0.717) is 43.6 Å². The lowest BCUT2D eigenvalue weighted by Gasteiger charge is -2.36. The van der Waals surface area contributed by atoms with Gasteiger partial charge in [0.15, 0.2) is 21.0 Å². The molecule has 1 atom stereocenters. The number of sulfone groups is 1. The molecule has 174 valence electrons. The molecule has 0 N–H and O–H groups in total. The van der Waals surface area contributed by atoms with E-state index in [2.05, 4.69) is 10.00 Å². The number of anilines is 1. The van der Waals surface area contributed by atoms with Crippen LogP contribution in [0.4, 0.5) is 5.69 Å². The fraction of sp³-hybridized carbons (Fsp3) is 0.435. The predicted octanol–water partition coefficient (Wildman–Crippen LogP) is 1.93. The number of aromatic nitrogens is 2. The first-order valence-electron chi connectivity index (χ1n) is 11.1. The number of benzene rings is 1. The third-order valence-corrected chi connectivity index (χ3v) is 8.32. The molecule has 2 fully saturated rings. The molecule has 9 nitrogen and oxygen atoms in total. The summed E-state index contributed by atoms with van der Waals surface area (Å²) in [5.74, 6) is 0.0950. The molecule has 0 aliphatic carbocycles. The summed E-state index contributed by atoms with van der Waals surface area (Å²) in [5.41, 5.74) is 2.99. The second kappa shape index (κ2) is 8.02. The smallest absolute Gasteiger partial charge is 0.289 e. The predicted molar refractivity (Wildman–Crippen MR) is 125 cm³/mol. The maximum atomic E-state index is 13.0. The van der Waals surface area contributed by atoms with Crippen LogP contribution in [-0.2, 0) is 9.84 Å². The lowest BCUT2D eigenvalue weighted by atomic mass is 10.2. The second-order valence-electron chi connectivity index (χ2n) is 8.77. The number of hydrogen-bond acceptors (Lipinski definition) is 7. The van der Waals surface area contributed by atoms with Crippen LogP contribution in [0.3, 0.4) is 0 Å². The molecule has 1 aromatic carbocycles. The van der Waals surface area contributed by atoms with Crippen molar-refractivity contribution in [1.29, 1.82) is 0 Å². The van der Waals surface area contributed by atoms with Crippen LogP contribution in [-0.4, -0.2) is 66.7 Å². The van der Waals surface area contributed by atoms with Crippen LogP contribution >= 0.6 is 0 Å². The molecule has 0 bridgehead atoms. The average molecular weight is 471 g/mol. The molecule has 2 saturated heterocycles. The molecule has 10 heteroatoms. The van der Waals surface area contributed by atoms with Crippen molar-refractivity contribution in [2.24, 2.45) is 0 Å². The van der Waals surface area contributed by atoms with Crippen molar-refractivity contribution >= 4 is 32.4 Å². The van der Waals surface area contributed by atoms with Crippen LogP contribution < -0.4 is 10.3 Å². The Morgan fingerprint density at radius 1 is 1.12 bits per heavy atom. The van der Waals surface area contributed by atoms with Crippen LogP contribution in [0.2, 0.25) is 0 Å². The van der Waals surface area contributed by atoms with E-state index in [9.17, 15) is 18.0 Å². The first kappa shape index (κ1) is 21.7. The highest BCUT2D eigenvalue weighted by Gasteiger charge is 2.33. The Balaban J connectivity index is 1.32. The third-order valence-electron chi connectivity index (χ3n) is 6.57. The first-order valence-corrected chi connectivity index (χ1v) is 12.9. The van der Waals surface area contributed by atoms with Gasteiger partial charge in [-0.25, -0.2) is 8.42 Å². The average Bonchev–Trinajstić information content (AvgIpc) is 3.31. The highest BCUT2D eigenvalue weighted by Crippen LogP contribution is 2.31. The Labute approximate surface area is 191 Å². The molecular weight excluding hydrogens is 444 g/mol. The van der Waals surface area contributed by atoms with E-state index in [1.807, 2.05) is 18.5 Å². The summed E-state index contributed by atoms with van der Waals surface area (Å²) in [6, 6.07) is 8.04. The Kier molecular flexibility index (Phi) is 5.27. The molecule has 2 aromatic heterocycles. The van der Waals surface area contributed by atoms with E-state index in [1.165, 1.54) is 6.07 Å². The molecule has 1 amide bonds. The van der Waals surface area contributed by atoms with Gasteiger partial charge in [0, 0.05) is 32.2 Å². The van der Waals surface area contributed by atoms with Crippen LogP contribution in [0, 0.1) is 13.8 Å². The number of para-hydroxylation sites is 1. The highest BCUT2D eigenvalue weighted by atomic mass is 32.2. The van der Waals surface area contributed by atoms with E-state index in [0.717, 1.165) is 17.1 Å². The molecule has 3 aromatic rings. The Bertz CT molecular complexity index is 1400. The van der Waals surface area contributed by atoms with Gasteiger partial charge in [-0.3, -0.25) is 14.3 Å². The monoisotopic (exact) mass is 470 g/mol. The van der Waals surface area contributed by atoms with Gasteiger partial charge in [0.1, 0.15) is 5.58 Å². The van der Waals surface area contributed by atoms with Crippen LogP contribution in [0.15, 0.2) is 39.5 Å². The first-order chi connectivity index (χ1) is 15.7. The molecule has 4 heterocycles. The van der Waals surface area contributed by atoms with Crippen molar-refractivity contribution in [2.45, 2.75) is 26.3 Å². The number of aryl methyl sites for hydroxylation is 1. The van der Waals surface area contributed by atoms with Gasteiger partial charge in [-0.05, 0) is 32.4 Å². The van der Waals surface area contributed by atoms with Crippen molar-refractivity contribution < 1.29 is 17.6 Å². The zero-order valence-corrected chi connectivity index (χ0v) is 19.5. The maximum absolute atomic E-state index is 13.0. The summed E-state index contributed by atoms with van der Waals surface area (Å²) in [4.78, 5) is 29.3. The highest BCUT2D eigenvalue weighted by molar-refractivity contribution is 7.91. The second-order valence-corrected chi connectivity index (χ2v) is 11.0. The topological polar surface area (TPSA) is 106 Å². The van der Waals surface area contributed by atoms with Crippen molar-refractivity contribution in [1.82, 2.24) is 14.7 Å². The van der Waals surface area contributed by atoms with E-state index in [-0.39, 0.29) is 34.6 Å². The lowest BCUT2D eigenvalue weighted by molar-refractivity contribution is 0.0715. The third kappa shape index (κ3) is 3.92. The SMILES string of the molecule is Cc1nn([C@@H]2CCS(=O)(=O)C2)c(C)c1N1CCN(C(=O)c2cc(=O)c3ccccc3o2)CC1. The largest absolute Gasteiger partial charge is 0.451 e. The van der Waals surface area contributed by atoms with Crippen LogP contribution in [0.5, 0.6) is 0 Å². The fourth-order valence-electron chi connectivity index (χ4n) is 4.93. The lowest BCUT2D eigenvalue weighted by Crippen LogP contribution is -2.49. The van der Waals surface area contributed by atoms with Crippen molar-refractivity contribution in [3.8, 4) is 0 Å². The number of hydrogen-bond donors (Lipinski definition) is 0. The molecule has 5 rings (SSSR count). The summed E-state index contributed by atoms with van der Waals surface area (Å²) < 4.78 is 31.4. The number of carbonyl (C=O) groups excluding carboxylic acids is 1. The zero-order chi connectivity index (χ0) is 23.3. The summed E-state index contributed by atoms with van der Waals surface area (Å²) >= 11 is 0. The van der Waals surface area contributed by atoms with Gasteiger partial charge in [0.2, 0.25) is 0 Å². The van der Waals surface area contributed by atoms with Crippen LogP contribution in [0.25, 0.3) is 11.0 Å². The minimum absolute atomic E-state index is 0.0507.